The van der Waals surface area contributed by atoms with Crippen molar-refractivity contribution >= 4 is 23.1 Å². The lowest BCUT2D eigenvalue weighted by Gasteiger charge is -2.08. The zero-order valence-corrected chi connectivity index (χ0v) is 15.0. The van der Waals surface area contributed by atoms with Crippen LogP contribution in [0.1, 0.15) is 16.3 Å². The van der Waals surface area contributed by atoms with Gasteiger partial charge in [0.1, 0.15) is 5.82 Å². The van der Waals surface area contributed by atoms with Crippen LogP contribution < -0.4 is 0 Å². The first-order valence-electron chi connectivity index (χ1n) is 7.84. The monoisotopic (exact) mass is 368 g/mol. The highest BCUT2D eigenvalue weighted by molar-refractivity contribution is 7.98. The molecule has 3 aromatic heterocycles. The second-order valence-electron chi connectivity index (χ2n) is 5.44. The number of rotatable bonds is 7. The van der Waals surface area contributed by atoms with E-state index in [0.717, 1.165) is 23.3 Å². The number of aromatic nitrogens is 6. The Bertz CT molecular complexity index is 914. The molecule has 0 spiro atoms. The van der Waals surface area contributed by atoms with Crippen LogP contribution in [0.25, 0.3) is 0 Å². The van der Waals surface area contributed by atoms with Crippen molar-refractivity contribution in [1.29, 1.82) is 0 Å². The maximum Gasteiger partial charge on any atom is 0.210 e. The van der Waals surface area contributed by atoms with Crippen LogP contribution >= 0.6 is 23.1 Å². The van der Waals surface area contributed by atoms with Crippen molar-refractivity contribution in [3.8, 4) is 0 Å². The number of benzene rings is 1. The zero-order chi connectivity index (χ0) is 16.9. The van der Waals surface area contributed by atoms with Crippen LogP contribution in [-0.4, -0.2) is 29.8 Å². The second kappa shape index (κ2) is 7.62. The Morgan fingerprint density at radius 1 is 1.04 bits per heavy atom. The van der Waals surface area contributed by atoms with Crippen LogP contribution in [0.2, 0.25) is 0 Å². The van der Waals surface area contributed by atoms with Crippen molar-refractivity contribution in [1.82, 2.24) is 29.8 Å². The highest BCUT2D eigenvalue weighted by Crippen LogP contribution is 2.21. The molecule has 0 amide bonds. The Hall–Kier alpha value is -2.45. The van der Waals surface area contributed by atoms with E-state index in [9.17, 15) is 0 Å². The van der Waals surface area contributed by atoms with Gasteiger partial charge in [0.2, 0.25) is 5.16 Å². The Labute approximate surface area is 153 Å². The Kier molecular flexibility index (Phi) is 4.89. The molecule has 0 radical (unpaired) electrons. The Morgan fingerprint density at radius 3 is 2.80 bits per heavy atom. The van der Waals surface area contributed by atoms with Gasteiger partial charge in [0, 0.05) is 23.8 Å². The molecule has 0 fully saturated rings. The molecule has 0 aliphatic heterocycles. The maximum atomic E-state index is 4.48. The van der Waals surface area contributed by atoms with Gasteiger partial charge in [-0.3, -0.25) is 0 Å². The van der Waals surface area contributed by atoms with E-state index in [4.69, 9.17) is 0 Å². The molecule has 126 valence electrons. The Morgan fingerprint density at radius 2 is 1.96 bits per heavy atom. The highest BCUT2D eigenvalue weighted by atomic mass is 32.2. The van der Waals surface area contributed by atoms with Gasteiger partial charge in [-0.05, 0) is 27.4 Å². The Balaban J connectivity index is 1.43. The van der Waals surface area contributed by atoms with E-state index in [1.807, 2.05) is 29.2 Å². The quantitative estimate of drug-likeness (QED) is 0.468. The van der Waals surface area contributed by atoms with Gasteiger partial charge in [0.25, 0.3) is 0 Å². The molecule has 0 bridgehead atoms. The number of nitrogens with zero attached hydrogens (tertiary/aromatic N) is 6. The maximum absolute atomic E-state index is 4.48. The molecule has 0 unspecified atom stereocenters. The third-order valence-corrected chi connectivity index (χ3v) is 5.53. The molecule has 1 aromatic carbocycles. The molecule has 3 heterocycles. The SMILES string of the molecule is c1ccc(Cn2ccnc2CSc2nnnn2Cc2cccs2)cc1. The van der Waals surface area contributed by atoms with Crippen molar-refractivity contribution in [3.05, 3.63) is 76.5 Å². The molecule has 0 aliphatic rings. The van der Waals surface area contributed by atoms with Crippen LogP contribution in [0.5, 0.6) is 0 Å². The number of tetrazole rings is 1. The van der Waals surface area contributed by atoms with E-state index in [0.29, 0.717) is 6.54 Å². The molecule has 6 nitrogen and oxygen atoms in total. The third-order valence-electron chi connectivity index (χ3n) is 3.71. The van der Waals surface area contributed by atoms with Gasteiger partial charge in [-0.2, -0.15) is 0 Å². The van der Waals surface area contributed by atoms with Gasteiger partial charge < -0.3 is 4.57 Å². The summed E-state index contributed by atoms with van der Waals surface area (Å²) in [5.41, 5.74) is 1.26. The van der Waals surface area contributed by atoms with Crippen molar-refractivity contribution in [3.63, 3.8) is 0 Å². The van der Waals surface area contributed by atoms with E-state index in [2.05, 4.69) is 60.8 Å². The van der Waals surface area contributed by atoms with Crippen LogP contribution in [0.15, 0.2) is 65.4 Å². The largest absolute Gasteiger partial charge is 0.330 e. The molecule has 0 saturated heterocycles. The first kappa shape index (κ1) is 16.0. The lowest BCUT2D eigenvalue weighted by atomic mass is 10.2. The summed E-state index contributed by atoms with van der Waals surface area (Å²) in [4.78, 5) is 5.72. The fourth-order valence-corrected chi connectivity index (χ4v) is 4.01. The fourth-order valence-electron chi connectivity index (χ4n) is 2.48. The molecular weight excluding hydrogens is 352 g/mol. The molecule has 0 aliphatic carbocycles. The van der Waals surface area contributed by atoms with E-state index < -0.39 is 0 Å². The molecular formula is C17H16N6S2. The smallest absolute Gasteiger partial charge is 0.210 e. The second-order valence-corrected chi connectivity index (χ2v) is 7.42. The first-order valence-corrected chi connectivity index (χ1v) is 9.70. The molecule has 4 rings (SSSR count). The van der Waals surface area contributed by atoms with E-state index >= 15 is 0 Å². The average Bonchev–Trinajstić information content (AvgIpc) is 3.38. The molecule has 25 heavy (non-hydrogen) atoms. The van der Waals surface area contributed by atoms with Crippen LogP contribution in [0.3, 0.4) is 0 Å². The average molecular weight is 368 g/mol. The minimum Gasteiger partial charge on any atom is -0.330 e. The topological polar surface area (TPSA) is 61.4 Å². The van der Waals surface area contributed by atoms with Crippen molar-refractivity contribution in [2.24, 2.45) is 0 Å². The summed E-state index contributed by atoms with van der Waals surface area (Å²) in [6.45, 7) is 1.52. The summed E-state index contributed by atoms with van der Waals surface area (Å²) in [6, 6.07) is 14.5. The summed E-state index contributed by atoms with van der Waals surface area (Å²) in [6.07, 6.45) is 3.85. The normalized spacial score (nSPS) is 11.0. The molecule has 4 aromatic rings. The van der Waals surface area contributed by atoms with Crippen molar-refractivity contribution < 1.29 is 0 Å². The minimum absolute atomic E-state index is 0.700. The number of hydrogen-bond donors (Lipinski definition) is 0. The molecule has 0 atom stereocenters. The lowest BCUT2D eigenvalue weighted by molar-refractivity contribution is 0.608. The van der Waals surface area contributed by atoms with Gasteiger partial charge in [0.15, 0.2) is 0 Å². The van der Waals surface area contributed by atoms with Crippen LogP contribution in [0, 0.1) is 0 Å². The predicted molar refractivity (Wildman–Crippen MR) is 98.6 cm³/mol. The number of imidazole rings is 1. The standard InChI is InChI=1S/C17H16N6S2/c1-2-5-14(6-3-1)11-22-9-8-18-16(22)13-25-17-19-20-21-23(17)12-15-7-4-10-24-15/h1-10H,11-13H2. The van der Waals surface area contributed by atoms with E-state index in [-0.39, 0.29) is 0 Å². The van der Waals surface area contributed by atoms with Crippen LogP contribution in [-0.2, 0) is 18.8 Å². The van der Waals surface area contributed by atoms with E-state index in [1.54, 1.807) is 23.1 Å². The summed E-state index contributed by atoms with van der Waals surface area (Å²) >= 11 is 3.31. The number of hydrogen-bond acceptors (Lipinski definition) is 6. The highest BCUT2D eigenvalue weighted by Gasteiger charge is 2.11. The number of thiophene rings is 1. The molecule has 8 heteroatoms. The van der Waals surface area contributed by atoms with Gasteiger partial charge in [-0.1, -0.05) is 48.2 Å². The first-order chi connectivity index (χ1) is 12.4. The molecule has 0 saturated carbocycles. The zero-order valence-electron chi connectivity index (χ0n) is 13.4. The summed E-state index contributed by atoms with van der Waals surface area (Å²) in [5.74, 6) is 1.74. The predicted octanol–water partition coefficient (Wildman–Crippen LogP) is 3.32. The van der Waals surface area contributed by atoms with Crippen molar-refractivity contribution in [2.45, 2.75) is 24.0 Å². The summed E-state index contributed by atoms with van der Waals surface area (Å²) in [7, 11) is 0. The van der Waals surface area contributed by atoms with Gasteiger partial charge in [0.05, 0.1) is 12.3 Å². The van der Waals surface area contributed by atoms with Crippen LogP contribution in [0.4, 0.5) is 0 Å². The fraction of sp³-hybridized carbons (Fsp3) is 0.176. The van der Waals surface area contributed by atoms with Gasteiger partial charge in [-0.15, -0.1) is 16.4 Å². The van der Waals surface area contributed by atoms with Gasteiger partial charge >= 0.3 is 0 Å². The van der Waals surface area contributed by atoms with Crippen molar-refractivity contribution in [2.75, 3.05) is 0 Å². The summed E-state index contributed by atoms with van der Waals surface area (Å²) in [5, 5.41) is 14.9. The molecule has 0 N–H and O–H groups in total. The van der Waals surface area contributed by atoms with Gasteiger partial charge in [-0.25, -0.2) is 9.67 Å². The lowest BCUT2D eigenvalue weighted by Crippen LogP contribution is -2.05. The number of thioether (sulfide) groups is 1. The third kappa shape index (κ3) is 3.97. The van der Waals surface area contributed by atoms with E-state index in [1.165, 1.54) is 10.4 Å². The summed E-state index contributed by atoms with van der Waals surface area (Å²) < 4.78 is 4.00. The minimum atomic E-state index is 0.700.